The summed E-state index contributed by atoms with van der Waals surface area (Å²) in [7, 11) is 0. The maximum atomic E-state index is 5.37. The zero-order chi connectivity index (χ0) is 11.2. The fourth-order valence-corrected chi connectivity index (χ4v) is 2.23. The number of nitrogens with zero attached hydrogens (tertiary/aromatic N) is 1. The summed E-state index contributed by atoms with van der Waals surface area (Å²) in [6, 6.07) is 8.82. The molecule has 2 nitrogen and oxygen atoms in total. The summed E-state index contributed by atoms with van der Waals surface area (Å²) in [4.78, 5) is 2.48. The first-order chi connectivity index (χ1) is 7.90. The van der Waals surface area contributed by atoms with E-state index in [4.69, 9.17) is 4.74 Å². The molecule has 1 aliphatic rings. The number of hydrogen-bond acceptors (Lipinski definition) is 2. The molecule has 0 spiro atoms. The number of ether oxygens (including phenoxy) is 1. The van der Waals surface area contributed by atoms with Gasteiger partial charge < -0.3 is 4.74 Å². The van der Waals surface area contributed by atoms with Crippen molar-refractivity contribution >= 4 is 0 Å². The molecule has 0 aliphatic carbocycles. The van der Waals surface area contributed by atoms with Gasteiger partial charge in [-0.25, -0.2) is 0 Å². The zero-order valence-electron chi connectivity index (χ0n) is 10.1. The second-order valence-electron chi connectivity index (χ2n) is 4.41. The highest BCUT2D eigenvalue weighted by atomic mass is 16.5. The normalized spacial score (nSPS) is 17.6. The van der Waals surface area contributed by atoms with Crippen LogP contribution in [0.1, 0.15) is 24.5 Å². The Bertz CT molecular complexity index is 318. The molecule has 0 radical (unpaired) electrons. The molecule has 2 heteroatoms. The number of aryl methyl sites for hydroxylation is 1. The smallest absolute Gasteiger partial charge is 0.0594 e. The maximum Gasteiger partial charge on any atom is 0.0594 e. The lowest BCUT2D eigenvalue weighted by Gasteiger charge is -2.27. The summed E-state index contributed by atoms with van der Waals surface area (Å²) in [5.74, 6) is 0. The molecule has 0 atom stereocenters. The number of hydrogen-bond donors (Lipinski definition) is 0. The predicted octanol–water partition coefficient (Wildman–Crippen LogP) is 2.47. The van der Waals surface area contributed by atoms with Crippen LogP contribution in [0.15, 0.2) is 24.3 Å². The van der Waals surface area contributed by atoms with Gasteiger partial charge in [-0.15, -0.1) is 0 Å². The van der Waals surface area contributed by atoms with Crippen molar-refractivity contribution in [2.24, 2.45) is 0 Å². The second-order valence-corrected chi connectivity index (χ2v) is 4.41. The molecule has 0 bridgehead atoms. The van der Waals surface area contributed by atoms with Gasteiger partial charge in [0.1, 0.15) is 0 Å². The standard InChI is InChI=1S/C14H21NO/c1-2-5-13-6-3-4-7-14(13)12-15-8-10-16-11-9-15/h3-4,6-7H,2,5,8-12H2,1H3. The Labute approximate surface area is 98.2 Å². The van der Waals surface area contributed by atoms with E-state index in [1.54, 1.807) is 0 Å². The lowest BCUT2D eigenvalue weighted by molar-refractivity contribution is 0.0341. The highest BCUT2D eigenvalue weighted by Crippen LogP contribution is 2.14. The fraction of sp³-hybridized carbons (Fsp3) is 0.571. The van der Waals surface area contributed by atoms with Crippen LogP contribution in [-0.4, -0.2) is 31.2 Å². The monoisotopic (exact) mass is 219 g/mol. The average Bonchev–Trinajstić information content (AvgIpc) is 2.33. The average molecular weight is 219 g/mol. The topological polar surface area (TPSA) is 12.5 Å². The Morgan fingerprint density at radius 1 is 1.12 bits per heavy atom. The van der Waals surface area contributed by atoms with E-state index in [0.29, 0.717) is 0 Å². The first kappa shape index (κ1) is 11.6. The van der Waals surface area contributed by atoms with Gasteiger partial charge in [0.15, 0.2) is 0 Å². The fourth-order valence-electron chi connectivity index (χ4n) is 2.23. The molecule has 1 fully saturated rings. The van der Waals surface area contributed by atoms with Gasteiger partial charge in [-0.05, 0) is 17.5 Å². The Kier molecular flexibility index (Phi) is 4.37. The Morgan fingerprint density at radius 2 is 1.81 bits per heavy atom. The minimum Gasteiger partial charge on any atom is -0.379 e. The Hall–Kier alpha value is -0.860. The summed E-state index contributed by atoms with van der Waals surface area (Å²) in [6.45, 7) is 7.23. The van der Waals surface area contributed by atoms with Gasteiger partial charge >= 0.3 is 0 Å². The second kappa shape index (κ2) is 6.02. The quantitative estimate of drug-likeness (QED) is 0.771. The van der Waals surface area contributed by atoms with E-state index in [0.717, 1.165) is 32.8 Å². The molecule has 1 saturated heterocycles. The van der Waals surface area contributed by atoms with Crippen LogP contribution in [0.25, 0.3) is 0 Å². The van der Waals surface area contributed by atoms with Gasteiger partial charge in [0.2, 0.25) is 0 Å². The van der Waals surface area contributed by atoms with E-state index in [1.807, 2.05) is 0 Å². The third kappa shape index (κ3) is 3.06. The molecule has 0 amide bonds. The van der Waals surface area contributed by atoms with Crippen LogP contribution < -0.4 is 0 Å². The van der Waals surface area contributed by atoms with Crippen LogP contribution in [0.5, 0.6) is 0 Å². The molecule has 0 aromatic heterocycles. The van der Waals surface area contributed by atoms with Crippen LogP contribution in [-0.2, 0) is 17.7 Å². The molecule has 0 saturated carbocycles. The molecule has 1 aliphatic heterocycles. The van der Waals surface area contributed by atoms with E-state index < -0.39 is 0 Å². The van der Waals surface area contributed by atoms with Crippen LogP contribution in [0.3, 0.4) is 0 Å². The lowest BCUT2D eigenvalue weighted by atomic mass is 10.0. The molecular weight excluding hydrogens is 198 g/mol. The molecule has 2 rings (SSSR count). The summed E-state index contributed by atoms with van der Waals surface area (Å²) >= 11 is 0. The number of rotatable bonds is 4. The minimum atomic E-state index is 0.885. The third-order valence-electron chi connectivity index (χ3n) is 3.14. The SMILES string of the molecule is CCCc1ccccc1CN1CCOCC1. The summed E-state index contributed by atoms with van der Waals surface area (Å²) in [6.07, 6.45) is 2.42. The third-order valence-corrected chi connectivity index (χ3v) is 3.14. The lowest BCUT2D eigenvalue weighted by Crippen LogP contribution is -2.35. The van der Waals surface area contributed by atoms with E-state index in [9.17, 15) is 0 Å². The van der Waals surface area contributed by atoms with E-state index in [2.05, 4.69) is 36.1 Å². The molecule has 1 heterocycles. The Balaban J connectivity index is 2.01. The van der Waals surface area contributed by atoms with Crippen molar-refractivity contribution in [3.8, 4) is 0 Å². The Morgan fingerprint density at radius 3 is 2.50 bits per heavy atom. The van der Waals surface area contributed by atoms with Crippen LogP contribution >= 0.6 is 0 Å². The van der Waals surface area contributed by atoms with Gasteiger partial charge in [0.25, 0.3) is 0 Å². The summed E-state index contributed by atoms with van der Waals surface area (Å²) in [5, 5.41) is 0. The molecule has 0 unspecified atom stereocenters. The van der Waals surface area contributed by atoms with Crippen molar-refractivity contribution in [1.29, 1.82) is 0 Å². The summed E-state index contributed by atoms with van der Waals surface area (Å²) < 4.78 is 5.37. The predicted molar refractivity (Wildman–Crippen MR) is 66.5 cm³/mol. The van der Waals surface area contributed by atoms with E-state index in [1.165, 1.54) is 24.0 Å². The van der Waals surface area contributed by atoms with Crippen LogP contribution in [0, 0.1) is 0 Å². The van der Waals surface area contributed by atoms with Gasteiger partial charge in [0, 0.05) is 19.6 Å². The van der Waals surface area contributed by atoms with Gasteiger partial charge in [-0.3, -0.25) is 4.90 Å². The molecule has 1 aromatic rings. The van der Waals surface area contributed by atoms with E-state index in [-0.39, 0.29) is 0 Å². The summed E-state index contributed by atoms with van der Waals surface area (Å²) in [5.41, 5.74) is 3.00. The highest BCUT2D eigenvalue weighted by molar-refractivity contribution is 5.27. The molecule has 16 heavy (non-hydrogen) atoms. The number of morpholine rings is 1. The van der Waals surface area contributed by atoms with Crippen molar-refractivity contribution in [3.63, 3.8) is 0 Å². The molecule has 1 aromatic carbocycles. The molecule has 0 N–H and O–H groups in total. The highest BCUT2D eigenvalue weighted by Gasteiger charge is 2.11. The van der Waals surface area contributed by atoms with Gasteiger partial charge in [-0.2, -0.15) is 0 Å². The maximum absolute atomic E-state index is 5.37. The van der Waals surface area contributed by atoms with Crippen molar-refractivity contribution in [3.05, 3.63) is 35.4 Å². The largest absolute Gasteiger partial charge is 0.379 e. The minimum absolute atomic E-state index is 0.885. The van der Waals surface area contributed by atoms with Gasteiger partial charge in [0.05, 0.1) is 13.2 Å². The van der Waals surface area contributed by atoms with Crippen molar-refractivity contribution in [2.45, 2.75) is 26.3 Å². The van der Waals surface area contributed by atoms with Crippen molar-refractivity contribution in [2.75, 3.05) is 26.3 Å². The van der Waals surface area contributed by atoms with E-state index >= 15 is 0 Å². The zero-order valence-corrected chi connectivity index (χ0v) is 10.1. The van der Waals surface area contributed by atoms with Crippen molar-refractivity contribution in [1.82, 2.24) is 4.90 Å². The molecular formula is C14H21NO. The van der Waals surface area contributed by atoms with Crippen LogP contribution in [0.2, 0.25) is 0 Å². The first-order valence-corrected chi connectivity index (χ1v) is 6.27. The number of benzene rings is 1. The first-order valence-electron chi connectivity index (χ1n) is 6.27. The van der Waals surface area contributed by atoms with Crippen LogP contribution in [0.4, 0.5) is 0 Å². The van der Waals surface area contributed by atoms with Gasteiger partial charge in [-0.1, -0.05) is 37.6 Å². The molecule has 88 valence electrons. The van der Waals surface area contributed by atoms with Crippen molar-refractivity contribution < 1.29 is 4.74 Å².